The molecule has 0 radical (unpaired) electrons. The van der Waals surface area contributed by atoms with Crippen molar-refractivity contribution in [1.82, 2.24) is 0 Å². The van der Waals surface area contributed by atoms with Crippen molar-refractivity contribution in [1.29, 1.82) is 0 Å². The summed E-state index contributed by atoms with van der Waals surface area (Å²) in [6.45, 7) is 24.3. The van der Waals surface area contributed by atoms with Crippen LogP contribution in [0.4, 0.5) is 0 Å². The Morgan fingerprint density at radius 1 is 0.724 bits per heavy atom. The first-order valence-corrected chi connectivity index (χ1v) is 17.9. The van der Waals surface area contributed by atoms with Gasteiger partial charge >= 0.3 is 190 Å². The van der Waals surface area contributed by atoms with Gasteiger partial charge in [-0.3, -0.25) is 0 Å². The average molecular weight is 446 g/mol. The molecule has 1 aliphatic rings. The fourth-order valence-electron chi connectivity index (χ4n) is 6.84. The number of allylic oxidation sites excluding steroid dienone is 4. The van der Waals surface area contributed by atoms with Crippen molar-refractivity contribution in [3.8, 4) is 0 Å². The van der Waals surface area contributed by atoms with E-state index in [1.165, 1.54) is 23.2 Å². The summed E-state index contributed by atoms with van der Waals surface area (Å²) in [5, 5.41) is 7.08. The molecule has 0 nitrogen and oxygen atoms in total. The second-order valence-electron chi connectivity index (χ2n) is 10.9. The first-order valence-electron chi connectivity index (χ1n) is 11.6. The molecule has 0 atom stereocenters. The first kappa shape index (κ1) is 24.9. The van der Waals surface area contributed by atoms with Crippen molar-refractivity contribution in [2.75, 3.05) is 0 Å². The van der Waals surface area contributed by atoms with Crippen LogP contribution in [0.1, 0.15) is 66.5 Å². The predicted molar refractivity (Wildman–Crippen MR) is 132 cm³/mol. The van der Waals surface area contributed by atoms with Crippen molar-refractivity contribution in [3.05, 3.63) is 51.6 Å². The van der Waals surface area contributed by atoms with Crippen LogP contribution < -0.4 is 5.19 Å². The quantitative estimate of drug-likeness (QED) is 0.370. The van der Waals surface area contributed by atoms with E-state index in [0.717, 1.165) is 11.8 Å². The van der Waals surface area contributed by atoms with Gasteiger partial charge in [0, 0.05) is 0 Å². The van der Waals surface area contributed by atoms with Crippen LogP contribution in [0.15, 0.2) is 40.5 Å². The molecule has 0 aromatic heterocycles. The molecule has 0 unspecified atom stereocenters. The second-order valence-corrected chi connectivity index (χ2v) is 20.3. The molecule has 0 bridgehead atoms. The SMILES string of the molecule is CC1=C(C)[C]([Ti]([CH3])[CH3])([Si](CC(C)C)(CC(C)C)c2cc(C)cc(C)c2)C(C)=C1C. The molecule has 0 spiro atoms. The summed E-state index contributed by atoms with van der Waals surface area (Å²) >= 11 is -1.38. The molecule has 0 saturated carbocycles. The van der Waals surface area contributed by atoms with Crippen molar-refractivity contribution >= 4 is 13.3 Å². The van der Waals surface area contributed by atoms with E-state index in [-0.39, 0.29) is 0 Å². The zero-order chi connectivity index (χ0) is 22.3. The molecule has 2 rings (SSSR count). The van der Waals surface area contributed by atoms with Crippen LogP contribution in [0.2, 0.25) is 25.9 Å². The van der Waals surface area contributed by atoms with E-state index in [0.29, 0.717) is 3.34 Å². The third-order valence-electron chi connectivity index (χ3n) is 7.57. The molecule has 1 aromatic carbocycles. The topological polar surface area (TPSA) is 0 Å². The van der Waals surface area contributed by atoms with Gasteiger partial charge in [-0.1, -0.05) is 0 Å². The Balaban J connectivity index is 3.05. The van der Waals surface area contributed by atoms with E-state index in [1.54, 1.807) is 27.5 Å². The zero-order valence-corrected chi connectivity index (χ0v) is 23.9. The number of hydrogen-bond acceptors (Lipinski definition) is 0. The minimum atomic E-state index is -1.89. The van der Waals surface area contributed by atoms with Gasteiger partial charge in [0.25, 0.3) is 0 Å². The number of benzene rings is 1. The molecule has 1 aromatic rings. The van der Waals surface area contributed by atoms with Crippen LogP contribution in [-0.4, -0.2) is 8.07 Å². The molecule has 2 heteroatoms. The van der Waals surface area contributed by atoms with Gasteiger partial charge in [0.15, 0.2) is 0 Å². The molecule has 29 heavy (non-hydrogen) atoms. The Morgan fingerprint density at radius 3 is 1.41 bits per heavy atom. The molecule has 0 heterocycles. The molecule has 0 aliphatic heterocycles. The standard InChI is InChI=1S/C25H39Si.2CH3.Ti/c1-16(2)14-26(15-17(3)4,24-12-18(5)11-19(6)13-24)25-22(9)20(7)21(8)23(25)10;;;/h11-13,16-17H,14-15H2,1-10H3;2*1H3;. The van der Waals surface area contributed by atoms with Crippen LogP contribution in [0, 0.1) is 25.7 Å². The van der Waals surface area contributed by atoms with E-state index in [4.69, 9.17) is 0 Å². The number of aryl methyl sites for hydroxylation is 2. The summed E-state index contributed by atoms with van der Waals surface area (Å²) in [4.78, 5) is 0. The molecular formula is C27H45SiTi. The minimum absolute atomic E-state index is 0.385. The van der Waals surface area contributed by atoms with Crippen molar-refractivity contribution in [3.63, 3.8) is 0 Å². The van der Waals surface area contributed by atoms with Gasteiger partial charge in [-0.25, -0.2) is 0 Å². The monoisotopic (exact) mass is 445 g/mol. The summed E-state index contributed by atoms with van der Waals surface area (Å²) in [5.74, 6) is 1.47. The van der Waals surface area contributed by atoms with Gasteiger partial charge in [-0.2, -0.15) is 0 Å². The normalized spacial score (nSPS) is 17.2. The maximum atomic E-state index is 2.67. The molecule has 0 N–H and O–H groups in total. The first-order chi connectivity index (χ1) is 13.3. The molecule has 161 valence electrons. The average Bonchev–Trinajstić information content (AvgIpc) is 2.74. The molecule has 1 aliphatic carbocycles. The van der Waals surface area contributed by atoms with E-state index in [1.807, 2.05) is 0 Å². The Bertz CT molecular complexity index is 769. The van der Waals surface area contributed by atoms with Crippen molar-refractivity contribution < 1.29 is 17.9 Å². The third-order valence-corrected chi connectivity index (χ3v) is 22.0. The van der Waals surface area contributed by atoms with Crippen LogP contribution in [0.25, 0.3) is 0 Å². The van der Waals surface area contributed by atoms with Crippen molar-refractivity contribution in [2.45, 2.75) is 95.1 Å². The fraction of sp³-hybridized carbons (Fsp3) is 0.630. The van der Waals surface area contributed by atoms with Gasteiger partial charge in [0.2, 0.25) is 0 Å². The fourth-order valence-corrected chi connectivity index (χ4v) is 24.1. The van der Waals surface area contributed by atoms with Crippen LogP contribution >= 0.6 is 0 Å². The van der Waals surface area contributed by atoms with Crippen LogP contribution in [0.5, 0.6) is 0 Å². The number of rotatable bonds is 7. The zero-order valence-electron chi connectivity index (χ0n) is 21.3. The summed E-state index contributed by atoms with van der Waals surface area (Å²) in [7, 11) is -1.89. The van der Waals surface area contributed by atoms with E-state index in [9.17, 15) is 0 Å². The Kier molecular flexibility index (Phi) is 7.74. The summed E-state index contributed by atoms with van der Waals surface area (Å²) in [5.41, 5.74) is 9.60. The van der Waals surface area contributed by atoms with E-state index < -0.39 is 25.9 Å². The second kappa shape index (κ2) is 9.01. The molecule has 0 amide bonds. The van der Waals surface area contributed by atoms with E-state index >= 15 is 0 Å². The molecule has 0 fully saturated rings. The van der Waals surface area contributed by atoms with Gasteiger partial charge in [-0.05, 0) is 0 Å². The summed E-state index contributed by atoms with van der Waals surface area (Å²) in [6.07, 6.45) is 0. The van der Waals surface area contributed by atoms with Crippen LogP contribution in [0.3, 0.4) is 0 Å². The van der Waals surface area contributed by atoms with Gasteiger partial charge in [0.05, 0.1) is 0 Å². The van der Waals surface area contributed by atoms with Gasteiger partial charge < -0.3 is 0 Å². The van der Waals surface area contributed by atoms with E-state index in [2.05, 4.69) is 97.9 Å². The summed E-state index contributed by atoms with van der Waals surface area (Å²) < 4.78 is 0.385. The van der Waals surface area contributed by atoms with Gasteiger partial charge in [-0.15, -0.1) is 0 Å². The summed E-state index contributed by atoms with van der Waals surface area (Å²) in [6, 6.07) is 10.4. The van der Waals surface area contributed by atoms with Gasteiger partial charge in [0.1, 0.15) is 0 Å². The van der Waals surface area contributed by atoms with Crippen LogP contribution in [-0.2, 0) is 17.9 Å². The Morgan fingerprint density at radius 2 is 1.10 bits per heavy atom. The predicted octanol–water partition coefficient (Wildman–Crippen LogP) is 8.37. The maximum absolute atomic E-state index is 2.67. The molecule has 0 saturated heterocycles. The molecular weight excluding hydrogens is 400 g/mol. The Hall–Kier alpha value is -0.369. The Labute approximate surface area is 189 Å². The number of hydrogen-bond donors (Lipinski definition) is 0. The van der Waals surface area contributed by atoms with Crippen molar-refractivity contribution in [2.24, 2.45) is 11.8 Å². The third kappa shape index (κ3) is 4.09.